The summed E-state index contributed by atoms with van der Waals surface area (Å²) in [6.07, 6.45) is 0. The Labute approximate surface area is 288 Å². The van der Waals surface area contributed by atoms with Crippen molar-refractivity contribution in [3.05, 3.63) is 145 Å². The van der Waals surface area contributed by atoms with Crippen molar-refractivity contribution in [1.82, 2.24) is 19.9 Å². The molecule has 9 aromatic rings. The van der Waals surface area contributed by atoms with Crippen molar-refractivity contribution in [2.75, 3.05) is 0 Å². The molecule has 4 nitrogen and oxygen atoms in total. The summed E-state index contributed by atoms with van der Waals surface area (Å²) in [5, 5.41) is 3.38. The van der Waals surface area contributed by atoms with Crippen LogP contribution in [0.5, 0.6) is 0 Å². The van der Waals surface area contributed by atoms with E-state index < -0.39 is 0 Å². The molecule has 5 heteroatoms. The van der Waals surface area contributed by atoms with Gasteiger partial charge in [0.1, 0.15) is 0 Å². The number of rotatable bonds is 5. The van der Waals surface area contributed by atoms with Crippen molar-refractivity contribution < 1.29 is 0 Å². The number of fused-ring (bicyclic) bond motifs is 6. The van der Waals surface area contributed by atoms with Crippen LogP contribution in [0.1, 0.15) is 31.2 Å². The minimum Gasteiger partial charge on any atom is -0.251 e. The van der Waals surface area contributed by atoms with Crippen LogP contribution in [0.4, 0.5) is 0 Å². The molecule has 0 bridgehead atoms. The molecule has 0 N–H and O–H groups in total. The molecule has 5 aromatic carbocycles. The van der Waals surface area contributed by atoms with Gasteiger partial charge in [0.2, 0.25) is 0 Å². The zero-order valence-electron chi connectivity index (χ0n) is 27.5. The van der Waals surface area contributed by atoms with E-state index in [0.29, 0.717) is 0 Å². The van der Waals surface area contributed by atoms with Crippen LogP contribution >= 0.6 is 11.3 Å². The van der Waals surface area contributed by atoms with Crippen molar-refractivity contribution in [1.29, 1.82) is 0 Å². The summed E-state index contributed by atoms with van der Waals surface area (Å²) < 4.78 is 2.32. The molecule has 0 radical (unpaired) electrons. The molecule has 4 heterocycles. The van der Waals surface area contributed by atoms with E-state index in [1.807, 2.05) is 25.1 Å². The van der Waals surface area contributed by atoms with E-state index in [-0.39, 0.29) is 5.92 Å². The average molecular weight is 649 g/mol. The lowest BCUT2D eigenvalue weighted by atomic mass is 9.93. The average Bonchev–Trinajstić information content (AvgIpc) is 3.53. The van der Waals surface area contributed by atoms with Gasteiger partial charge < -0.3 is 0 Å². The molecule has 0 spiro atoms. The number of hydrogen-bond acceptors (Lipinski definition) is 5. The Morgan fingerprint density at radius 1 is 0.510 bits per heavy atom. The minimum absolute atomic E-state index is 0.280. The minimum atomic E-state index is 0.280. The third-order valence-corrected chi connectivity index (χ3v) is 10.5. The van der Waals surface area contributed by atoms with E-state index in [1.165, 1.54) is 10.3 Å². The van der Waals surface area contributed by atoms with Crippen molar-refractivity contribution in [3.63, 3.8) is 0 Å². The van der Waals surface area contributed by atoms with Crippen LogP contribution in [0.25, 0.3) is 87.0 Å². The van der Waals surface area contributed by atoms with Gasteiger partial charge in [-0.1, -0.05) is 117 Å². The van der Waals surface area contributed by atoms with Crippen LogP contribution in [0.2, 0.25) is 0 Å². The first-order valence-corrected chi connectivity index (χ1v) is 17.5. The first kappa shape index (κ1) is 29.4. The quantitative estimate of drug-likeness (QED) is 0.174. The van der Waals surface area contributed by atoms with E-state index in [4.69, 9.17) is 19.9 Å². The summed E-state index contributed by atoms with van der Waals surface area (Å²) in [6.45, 7) is 6.44. The van der Waals surface area contributed by atoms with Gasteiger partial charge in [-0.3, -0.25) is 9.97 Å². The van der Waals surface area contributed by atoms with E-state index >= 15 is 0 Å². The zero-order chi connectivity index (χ0) is 33.1. The van der Waals surface area contributed by atoms with Crippen LogP contribution in [-0.2, 0) is 0 Å². The topological polar surface area (TPSA) is 51.6 Å². The Hall–Kier alpha value is -5.78. The highest BCUT2D eigenvalue weighted by molar-refractivity contribution is 7.26. The fraction of sp³-hybridized carbons (Fsp3) is 0.0909. The van der Waals surface area contributed by atoms with Gasteiger partial charge in [-0.15, -0.1) is 11.3 Å². The fourth-order valence-corrected chi connectivity index (χ4v) is 7.89. The number of thiophene rings is 1. The van der Waals surface area contributed by atoms with Crippen LogP contribution in [0.3, 0.4) is 0 Å². The molecule has 234 valence electrons. The molecule has 0 atom stereocenters. The van der Waals surface area contributed by atoms with Gasteiger partial charge >= 0.3 is 0 Å². The second-order valence-corrected chi connectivity index (χ2v) is 14.0. The summed E-state index contributed by atoms with van der Waals surface area (Å²) >= 11 is 1.76. The second kappa shape index (κ2) is 11.7. The van der Waals surface area contributed by atoms with Crippen molar-refractivity contribution >= 4 is 53.4 Å². The Bertz CT molecular complexity index is 2710. The third-order valence-electron chi connectivity index (χ3n) is 9.28. The Morgan fingerprint density at radius 3 is 2.02 bits per heavy atom. The highest BCUT2D eigenvalue weighted by Gasteiger charge is 2.18. The predicted octanol–water partition coefficient (Wildman–Crippen LogP) is 12.0. The van der Waals surface area contributed by atoms with E-state index in [1.54, 1.807) is 11.3 Å². The van der Waals surface area contributed by atoms with Crippen LogP contribution in [-0.4, -0.2) is 19.9 Å². The first-order valence-electron chi connectivity index (χ1n) is 16.7. The molecule has 0 saturated carbocycles. The summed E-state index contributed by atoms with van der Waals surface area (Å²) in [5.74, 6) is 1.02. The molecule has 0 aliphatic rings. The lowest BCUT2D eigenvalue weighted by Gasteiger charge is -2.15. The molecular weight excluding hydrogens is 617 g/mol. The monoisotopic (exact) mass is 648 g/mol. The molecule has 0 aliphatic heterocycles. The van der Waals surface area contributed by atoms with Gasteiger partial charge in [0.15, 0.2) is 5.82 Å². The highest BCUT2D eigenvalue weighted by Crippen LogP contribution is 2.41. The van der Waals surface area contributed by atoms with E-state index in [9.17, 15) is 0 Å². The molecule has 0 unspecified atom stereocenters. The Balaban J connectivity index is 1.21. The SMILES string of the molecule is Cc1ccc2ccc3c(-c4cccc(-c5cccc(-c6nc(-c7ccccc7)nc7c6sc6ccccc67)c5)c4)cc(C(C)C)nc3c2n1. The molecule has 0 aliphatic carbocycles. The van der Waals surface area contributed by atoms with Crippen LogP contribution in [0.15, 0.2) is 133 Å². The highest BCUT2D eigenvalue weighted by atomic mass is 32.1. The molecular formula is C44H32N4S. The van der Waals surface area contributed by atoms with Gasteiger partial charge in [0.25, 0.3) is 0 Å². The molecule has 0 saturated heterocycles. The maximum absolute atomic E-state index is 5.21. The van der Waals surface area contributed by atoms with Crippen molar-refractivity contribution in [3.8, 4) is 44.9 Å². The summed E-state index contributed by atoms with van der Waals surface area (Å²) in [5.41, 5.74) is 12.6. The van der Waals surface area contributed by atoms with E-state index in [0.717, 1.165) is 88.1 Å². The molecule has 0 fully saturated rings. The lowest BCUT2D eigenvalue weighted by Crippen LogP contribution is -1.97. The van der Waals surface area contributed by atoms with Crippen LogP contribution < -0.4 is 0 Å². The van der Waals surface area contributed by atoms with Gasteiger partial charge in [-0.2, -0.15) is 0 Å². The smallest absolute Gasteiger partial charge is 0.160 e. The standard InChI is InChI=1S/C44H32N4S/c1-26(2)37-25-36(34-22-21-28-20-19-27(3)45-39(28)41(34)46-37)32-15-9-13-30(23-32)31-14-10-16-33(24-31)40-43-42(35-17-7-8-18-38(35)49-43)48-44(47-40)29-11-5-4-6-12-29/h4-26H,1-3H3. The number of hydrogen-bond donors (Lipinski definition) is 0. The number of nitrogens with zero attached hydrogens (tertiary/aromatic N) is 4. The van der Waals surface area contributed by atoms with Crippen molar-refractivity contribution in [2.45, 2.75) is 26.7 Å². The molecule has 9 rings (SSSR count). The van der Waals surface area contributed by atoms with Gasteiger partial charge in [0, 0.05) is 43.4 Å². The van der Waals surface area contributed by atoms with Gasteiger partial charge in [-0.25, -0.2) is 9.97 Å². The van der Waals surface area contributed by atoms with Crippen LogP contribution in [0, 0.1) is 6.92 Å². The zero-order valence-corrected chi connectivity index (χ0v) is 28.3. The van der Waals surface area contributed by atoms with Crippen molar-refractivity contribution in [2.24, 2.45) is 0 Å². The molecule has 4 aromatic heterocycles. The number of aryl methyl sites for hydroxylation is 1. The fourth-order valence-electron chi connectivity index (χ4n) is 6.74. The van der Waals surface area contributed by atoms with E-state index in [2.05, 4.69) is 129 Å². The summed E-state index contributed by atoms with van der Waals surface area (Å²) in [4.78, 5) is 20.4. The third kappa shape index (κ3) is 5.14. The van der Waals surface area contributed by atoms with Gasteiger partial charge in [-0.05, 0) is 65.4 Å². The molecule has 49 heavy (non-hydrogen) atoms. The Kier molecular flexibility index (Phi) is 7.03. The molecule has 0 amide bonds. The summed E-state index contributed by atoms with van der Waals surface area (Å²) in [6, 6.07) is 47.2. The number of benzene rings is 5. The first-order chi connectivity index (χ1) is 24.0. The normalized spacial score (nSPS) is 11.8. The maximum atomic E-state index is 5.21. The maximum Gasteiger partial charge on any atom is 0.160 e. The lowest BCUT2D eigenvalue weighted by molar-refractivity contribution is 0.831. The Morgan fingerprint density at radius 2 is 1.20 bits per heavy atom. The largest absolute Gasteiger partial charge is 0.251 e. The second-order valence-electron chi connectivity index (χ2n) is 12.9. The summed E-state index contributed by atoms with van der Waals surface area (Å²) in [7, 11) is 0. The number of pyridine rings is 2. The number of aromatic nitrogens is 4. The van der Waals surface area contributed by atoms with Gasteiger partial charge in [0.05, 0.1) is 26.9 Å². The predicted molar refractivity (Wildman–Crippen MR) is 206 cm³/mol.